The van der Waals surface area contributed by atoms with Gasteiger partial charge in [0.25, 0.3) is 0 Å². The number of nitrogens with zero attached hydrogens (tertiary/aromatic N) is 1. The molecule has 0 saturated heterocycles. The number of hydrogen-bond acceptors (Lipinski definition) is 3. The number of hydrogen-bond donors (Lipinski definition) is 1. The SMILES string of the molecule is COc1cc2c(Cl)ccnc2cc1C(=O)O. The molecule has 0 bridgehead atoms. The lowest BCUT2D eigenvalue weighted by molar-refractivity contribution is 0.0693. The van der Waals surface area contributed by atoms with E-state index in [0.717, 1.165) is 0 Å². The first-order valence-electron chi connectivity index (χ1n) is 4.49. The van der Waals surface area contributed by atoms with Crippen LogP contribution in [0.5, 0.6) is 5.75 Å². The van der Waals surface area contributed by atoms with Gasteiger partial charge in [-0.15, -0.1) is 0 Å². The van der Waals surface area contributed by atoms with Crippen LogP contribution >= 0.6 is 11.6 Å². The third kappa shape index (κ3) is 1.67. The lowest BCUT2D eigenvalue weighted by atomic mass is 10.1. The molecule has 0 radical (unpaired) electrons. The quantitative estimate of drug-likeness (QED) is 0.872. The average Bonchev–Trinajstić information content (AvgIpc) is 2.28. The van der Waals surface area contributed by atoms with E-state index in [1.807, 2.05) is 0 Å². The first kappa shape index (κ1) is 10.7. The average molecular weight is 238 g/mol. The Hall–Kier alpha value is -1.81. The molecule has 5 heteroatoms. The van der Waals surface area contributed by atoms with Crippen molar-refractivity contribution >= 4 is 28.5 Å². The summed E-state index contributed by atoms with van der Waals surface area (Å²) in [7, 11) is 1.41. The smallest absolute Gasteiger partial charge is 0.339 e. The molecule has 0 spiro atoms. The highest BCUT2D eigenvalue weighted by atomic mass is 35.5. The van der Waals surface area contributed by atoms with E-state index in [4.69, 9.17) is 21.4 Å². The van der Waals surface area contributed by atoms with Crippen molar-refractivity contribution < 1.29 is 14.6 Å². The number of aromatic nitrogens is 1. The lowest BCUT2D eigenvalue weighted by Crippen LogP contribution is -2.00. The van der Waals surface area contributed by atoms with Gasteiger partial charge in [-0.1, -0.05) is 11.6 Å². The van der Waals surface area contributed by atoms with Crippen LogP contribution in [0.4, 0.5) is 0 Å². The van der Waals surface area contributed by atoms with Gasteiger partial charge in [-0.25, -0.2) is 4.79 Å². The zero-order valence-electron chi connectivity index (χ0n) is 8.40. The Labute approximate surface area is 96.4 Å². The minimum absolute atomic E-state index is 0.0739. The summed E-state index contributed by atoms with van der Waals surface area (Å²) in [5, 5.41) is 10.2. The summed E-state index contributed by atoms with van der Waals surface area (Å²) < 4.78 is 5.00. The maximum atomic E-state index is 11.0. The summed E-state index contributed by atoms with van der Waals surface area (Å²) in [6.07, 6.45) is 1.53. The molecule has 1 N–H and O–H groups in total. The fourth-order valence-corrected chi connectivity index (χ4v) is 1.68. The highest BCUT2D eigenvalue weighted by Gasteiger charge is 2.13. The third-order valence-corrected chi connectivity index (χ3v) is 2.57. The Bertz CT molecular complexity index is 568. The van der Waals surface area contributed by atoms with Crippen molar-refractivity contribution in [2.45, 2.75) is 0 Å². The summed E-state index contributed by atoms with van der Waals surface area (Å²) in [4.78, 5) is 15.0. The predicted octanol–water partition coefficient (Wildman–Crippen LogP) is 2.59. The van der Waals surface area contributed by atoms with Crippen LogP contribution < -0.4 is 4.74 Å². The monoisotopic (exact) mass is 237 g/mol. The number of fused-ring (bicyclic) bond motifs is 1. The molecule has 0 saturated carbocycles. The number of rotatable bonds is 2. The highest BCUT2D eigenvalue weighted by molar-refractivity contribution is 6.35. The molecule has 1 aromatic carbocycles. The number of carbonyl (C=O) groups is 1. The van der Waals surface area contributed by atoms with E-state index in [1.165, 1.54) is 19.4 Å². The van der Waals surface area contributed by atoms with Gasteiger partial charge in [0.1, 0.15) is 11.3 Å². The number of carboxylic acids is 1. The molecule has 2 aromatic rings. The van der Waals surface area contributed by atoms with Crippen LogP contribution in [-0.4, -0.2) is 23.2 Å². The van der Waals surface area contributed by atoms with Crippen LogP contribution in [0.1, 0.15) is 10.4 Å². The van der Waals surface area contributed by atoms with Gasteiger partial charge >= 0.3 is 5.97 Å². The molecule has 4 nitrogen and oxygen atoms in total. The molecule has 0 unspecified atom stereocenters. The minimum Gasteiger partial charge on any atom is -0.496 e. The van der Waals surface area contributed by atoms with Gasteiger partial charge in [0.15, 0.2) is 0 Å². The molecule has 82 valence electrons. The Kier molecular flexibility index (Phi) is 2.66. The fourth-order valence-electron chi connectivity index (χ4n) is 1.48. The molecule has 16 heavy (non-hydrogen) atoms. The molecule has 0 fully saturated rings. The molecule has 0 aliphatic heterocycles. The normalized spacial score (nSPS) is 10.4. The summed E-state index contributed by atoms with van der Waals surface area (Å²) in [5.41, 5.74) is 0.607. The van der Waals surface area contributed by atoms with Crippen LogP contribution in [0, 0.1) is 0 Å². The number of pyridine rings is 1. The molecular formula is C11H8ClNO3. The van der Waals surface area contributed by atoms with E-state index < -0.39 is 5.97 Å². The van der Waals surface area contributed by atoms with Crippen molar-refractivity contribution in [3.05, 3.63) is 35.0 Å². The minimum atomic E-state index is -1.06. The number of carboxylic acid groups (broad SMARTS) is 1. The number of ether oxygens (including phenoxy) is 1. The topological polar surface area (TPSA) is 59.4 Å². The molecule has 0 aliphatic rings. The number of aromatic carboxylic acids is 1. The zero-order valence-corrected chi connectivity index (χ0v) is 9.15. The van der Waals surface area contributed by atoms with Gasteiger partial charge in [-0.2, -0.15) is 0 Å². The van der Waals surface area contributed by atoms with E-state index in [0.29, 0.717) is 15.9 Å². The number of halogens is 1. The molecule has 0 atom stereocenters. The number of benzene rings is 1. The van der Waals surface area contributed by atoms with E-state index in [9.17, 15) is 4.79 Å². The van der Waals surface area contributed by atoms with Crippen LogP contribution in [-0.2, 0) is 0 Å². The van der Waals surface area contributed by atoms with Crippen molar-refractivity contribution in [3.8, 4) is 5.75 Å². The standard InChI is InChI=1S/C11H8ClNO3/c1-16-10-5-6-8(12)2-3-13-9(6)4-7(10)11(14)15/h2-5H,1H3,(H,14,15). The van der Waals surface area contributed by atoms with Gasteiger partial charge in [-0.05, 0) is 18.2 Å². The summed E-state index contributed by atoms with van der Waals surface area (Å²) in [5.74, 6) is -0.782. The second kappa shape index (κ2) is 3.98. The molecule has 1 aromatic heterocycles. The van der Waals surface area contributed by atoms with Gasteiger partial charge in [-0.3, -0.25) is 4.98 Å². The maximum absolute atomic E-state index is 11.0. The second-order valence-corrected chi connectivity index (χ2v) is 3.57. The summed E-state index contributed by atoms with van der Waals surface area (Å²) in [6.45, 7) is 0. The number of methoxy groups -OCH3 is 1. The highest BCUT2D eigenvalue weighted by Crippen LogP contribution is 2.29. The van der Waals surface area contributed by atoms with Crippen molar-refractivity contribution in [2.24, 2.45) is 0 Å². The fraction of sp³-hybridized carbons (Fsp3) is 0.0909. The van der Waals surface area contributed by atoms with Gasteiger partial charge in [0.2, 0.25) is 0 Å². The Morgan fingerprint density at radius 1 is 1.50 bits per heavy atom. The zero-order chi connectivity index (χ0) is 11.7. The lowest BCUT2D eigenvalue weighted by Gasteiger charge is -2.07. The maximum Gasteiger partial charge on any atom is 0.339 e. The Morgan fingerprint density at radius 3 is 2.88 bits per heavy atom. The van der Waals surface area contributed by atoms with Crippen molar-refractivity contribution in [3.63, 3.8) is 0 Å². The van der Waals surface area contributed by atoms with Crippen LogP contribution in [0.15, 0.2) is 24.4 Å². The van der Waals surface area contributed by atoms with Crippen LogP contribution in [0.3, 0.4) is 0 Å². The summed E-state index contributed by atoms with van der Waals surface area (Å²) >= 11 is 5.97. The summed E-state index contributed by atoms with van der Waals surface area (Å²) in [6, 6.07) is 4.67. The Morgan fingerprint density at radius 2 is 2.25 bits per heavy atom. The van der Waals surface area contributed by atoms with Crippen LogP contribution in [0.25, 0.3) is 10.9 Å². The first-order chi connectivity index (χ1) is 7.63. The third-order valence-electron chi connectivity index (χ3n) is 2.24. The first-order valence-corrected chi connectivity index (χ1v) is 4.87. The molecule has 0 amide bonds. The van der Waals surface area contributed by atoms with E-state index >= 15 is 0 Å². The molecule has 2 rings (SSSR count). The second-order valence-electron chi connectivity index (χ2n) is 3.17. The molecule has 1 heterocycles. The van der Waals surface area contributed by atoms with Crippen molar-refractivity contribution in [2.75, 3.05) is 7.11 Å². The van der Waals surface area contributed by atoms with E-state index in [-0.39, 0.29) is 11.3 Å². The van der Waals surface area contributed by atoms with E-state index in [1.54, 1.807) is 12.1 Å². The van der Waals surface area contributed by atoms with Gasteiger partial charge in [0, 0.05) is 11.6 Å². The molecular weight excluding hydrogens is 230 g/mol. The van der Waals surface area contributed by atoms with Gasteiger partial charge in [0.05, 0.1) is 17.6 Å². The van der Waals surface area contributed by atoms with Crippen LogP contribution in [0.2, 0.25) is 5.02 Å². The van der Waals surface area contributed by atoms with Gasteiger partial charge < -0.3 is 9.84 Å². The molecule has 0 aliphatic carbocycles. The van der Waals surface area contributed by atoms with Crippen molar-refractivity contribution in [1.82, 2.24) is 4.98 Å². The predicted molar refractivity (Wildman–Crippen MR) is 60.3 cm³/mol. The Balaban J connectivity index is 2.80. The van der Waals surface area contributed by atoms with E-state index in [2.05, 4.69) is 4.98 Å². The van der Waals surface area contributed by atoms with Crippen molar-refractivity contribution in [1.29, 1.82) is 0 Å². The largest absolute Gasteiger partial charge is 0.496 e.